The van der Waals surface area contributed by atoms with Gasteiger partial charge in [-0.1, -0.05) is 17.3 Å². The molecule has 1 amide bonds. The van der Waals surface area contributed by atoms with E-state index in [9.17, 15) is 4.79 Å². The van der Waals surface area contributed by atoms with Crippen molar-refractivity contribution in [3.05, 3.63) is 47.1 Å². The predicted molar refractivity (Wildman–Crippen MR) is 88.1 cm³/mol. The number of aromatic nitrogens is 4. The van der Waals surface area contributed by atoms with Gasteiger partial charge in [-0.2, -0.15) is 10.1 Å². The van der Waals surface area contributed by atoms with E-state index in [-0.39, 0.29) is 11.9 Å². The zero-order valence-electron chi connectivity index (χ0n) is 14.1. The third-order valence-corrected chi connectivity index (χ3v) is 4.12. The lowest BCUT2D eigenvalue weighted by Gasteiger charge is -2.11. The third kappa shape index (κ3) is 2.75. The highest BCUT2D eigenvalue weighted by Crippen LogP contribution is 2.35. The number of amides is 1. The van der Waals surface area contributed by atoms with Gasteiger partial charge in [-0.15, -0.1) is 0 Å². The van der Waals surface area contributed by atoms with Crippen LogP contribution in [0.5, 0.6) is 5.75 Å². The van der Waals surface area contributed by atoms with Crippen molar-refractivity contribution in [2.24, 2.45) is 7.05 Å². The molecule has 3 aromatic rings. The number of hydrogen-bond acceptors (Lipinski definition) is 6. The Kier molecular flexibility index (Phi) is 3.52. The fourth-order valence-corrected chi connectivity index (χ4v) is 2.94. The fourth-order valence-electron chi connectivity index (χ4n) is 2.94. The Labute approximate surface area is 143 Å². The molecule has 1 unspecified atom stereocenters. The summed E-state index contributed by atoms with van der Waals surface area (Å²) in [4.78, 5) is 16.7. The minimum absolute atomic E-state index is 0.178. The van der Waals surface area contributed by atoms with Crippen molar-refractivity contribution < 1.29 is 14.1 Å². The van der Waals surface area contributed by atoms with Gasteiger partial charge in [0, 0.05) is 25.1 Å². The van der Waals surface area contributed by atoms with Gasteiger partial charge in [0.15, 0.2) is 0 Å². The Morgan fingerprint density at radius 3 is 2.84 bits per heavy atom. The molecule has 1 atom stereocenters. The van der Waals surface area contributed by atoms with E-state index in [1.807, 2.05) is 25.1 Å². The molecule has 0 aliphatic carbocycles. The van der Waals surface area contributed by atoms with Gasteiger partial charge < -0.3 is 14.6 Å². The van der Waals surface area contributed by atoms with Crippen LogP contribution in [0.4, 0.5) is 0 Å². The van der Waals surface area contributed by atoms with Crippen LogP contribution in [0.25, 0.3) is 11.4 Å². The summed E-state index contributed by atoms with van der Waals surface area (Å²) in [5.74, 6) is 1.56. The fraction of sp³-hybridized carbons (Fsp3) is 0.294. The van der Waals surface area contributed by atoms with Gasteiger partial charge in [0.25, 0.3) is 5.91 Å². The Balaban J connectivity index is 1.56. The first kappa shape index (κ1) is 15.4. The number of fused-ring (bicyclic) bond motifs is 1. The van der Waals surface area contributed by atoms with Gasteiger partial charge in [-0.25, -0.2) is 0 Å². The van der Waals surface area contributed by atoms with E-state index in [1.54, 1.807) is 24.7 Å². The van der Waals surface area contributed by atoms with Crippen LogP contribution in [0, 0.1) is 13.8 Å². The Morgan fingerprint density at radius 1 is 1.32 bits per heavy atom. The molecule has 0 radical (unpaired) electrons. The minimum atomic E-state index is -0.209. The molecule has 3 heterocycles. The first-order valence-electron chi connectivity index (χ1n) is 7.90. The highest BCUT2D eigenvalue weighted by Gasteiger charge is 2.27. The van der Waals surface area contributed by atoms with Crippen molar-refractivity contribution in [2.75, 3.05) is 6.61 Å². The van der Waals surface area contributed by atoms with Gasteiger partial charge >= 0.3 is 0 Å². The number of hydrogen-bond donors (Lipinski definition) is 1. The van der Waals surface area contributed by atoms with E-state index in [4.69, 9.17) is 9.26 Å². The molecular weight excluding hydrogens is 322 g/mol. The number of rotatable bonds is 3. The largest absolute Gasteiger partial charge is 0.491 e. The second-order valence-corrected chi connectivity index (χ2v) is 6.02. The maximum Gasteiger partial charge on any atom is 0.270 e. The summed E-state index contributed by atoms with van der Waals surface area (Å²) in [7, 11) is 1.75. The molecule has 2 aromatic heterocycles. The topological polar surface area (TPSA) is 95.1 Å². The van der Waals surface area contributed by atoms with E-state index in [1.165, 1.54) is 0 Å². The number of nitrogens with one attached hydrogen (secondary N) is 1. The molecule has 0 fully saturated rings. The number of carbonyl (C=O) groups excluding carboxylic acids is 1. The molecule has 1 aliphatic rings. The maximum atomic E-state index is 12.5. The molecular formula is C17H17N5O3. The first-order valence-corrected chi connectivity index (χ1v) is 7.90. The van der Waals surface area contributed by atoms with Crippen LogP contribution < -0.4 is 10.1 Å². The van der Waals surface area contributed by atoms with E-state index in [0.29, 0.717) is 29.8 Å². The lowest BCUT2D eigenvalue weighted by atomic mass is 10.1. The molecule has 4 rings (SSSR count). The number of ether oxygens (including phenoxy) is 1. The van der Waals surface area contributed by atoms with Crippen LogP contribution in [0.3, 0.4) is 0 Å². The summed E-state index contributed by atoms with van der Waals surface area (Å²) < 4.78 is 12.3. The van der Waals surface area contributed by atoms with Gasteiger partial charge in [0.2, 0.25) is 11.7 Å². The maximum absolute atomic E-state index is 12.5. The van der Waals surface area contributed by atoms with Crippen LogP contribution in [-0.4, -0.2) is 32.4 Å². The van der Waals surface area contributed by atoms with E-state index < -0.39 is 0 Å². The number of aryl methyl sites for hydroxylation is 3. The molecule has 25 heavy (non-hydrogen) atoms. The summed E-state index contributed by atoms with van der Waals surface area (Å²) in [5.41, 5.74) is 3.06. The standard InChI is InChI=1S/C17H17N5O3/c1-9-6-14(22(3)20-9)17(23)19-13-8-24-15-7-11(4-5-12(13)15)16-18-10(2)25-21-16/h4-7,13H,8H2,1-3H3,(H,19,23). The normalized spacial score (nSPS) is 15.7. The van der Waals surface area contributed by atoms with E-state index in [0.717, 1.165) is 16.8 Å². The highest BCUT2D eigenvalue weighted by atomic mass is 16.5. The molecule has 1 aromatic carbocycles. The smallest absolute Gasteiger partial charge is 0.270 e. The second-order valence-electron chi connectivity index (χ2n) is 6.02. The number of benzene rings is 1. The SMILES string of the molecule is Cc1cc(C(=O)NC2COc3cc(-c4noc(C)n4)ccc32)n(C)n1. The van der Waals surface area contributed by atoms with Crippen LogP contribution in [0.2, 0.25) is 0 Å². The molecule has 8 nitrogen and oxygen atoms in total. The number of carbonyl (C=O) groups is 1. The van der Waals surface area contributed by atoms with Gasteiger partial charge in [-0.3, -0.25) is 9.48 Å². The molecule has 128 valence electrons. The van der Waals surface area contributed by atoms with Crippen LogP contribution in [-0.2, 0) is 7.05 Å². The zero-order valence-corrected chi connectivity index (χ0v) is 14.1. The van der Waals surface area contributed by atoms with Crippen LogP contribution >= 0.6 is 0 Å². The Bertz CT molecular complexity index is 959. The van der Waals surface area contributed by atoms with Crippen molar-refractivity contribution in [3.63, 3.8) is 0 Å². The summed E-state index contributed by atoms with van der Waals surface area (Å²) >= 11 is 0. The molecule has 8 heteroatoms. The summed E-state index contributed by atoms with van der Waals surface area (Å²) in [6, 6.07) is 7.22. The monoisotopic (exact) mass is 339 g/mol. The molecule has 1 N–H and O–H groups in total. The second kappa shape index (κ2) is 5.73. The average molecular weight is 339 g/mol. The van der Waals surface area contributed by atoms with Gasteiger partial charge in [0.1, 0.15) is 18.1 Å². The van der Waals surface area contributed by atoms with Crippen molar-refractivity contribution in [1.82, 2.24) is 25.2 Å². The predicted octanol–water partition coefficient (Wildman–Crippen LogP) is 1.95. The van der Waals surface area contributed by atoms with Crippen molar-refractivity contribution in [2.45, 2.75) is 19.9 Å². The summed E-state index contributed by atoms with van der Waals surface area (Å²) in [5, 5.41) is 11.1. The molecule has 0 spiro atoms. The molecule has 0 saturated heterocycles. The molecule has 0 bridgehead atoms. The van der Waals surface area contributed by atoms with Crippen LogP contribution in [0.1, 0.15) is 33.7 Å². The molecule has 0 saturated carbocycles. The lowest BCUT2D eigenvalue weighted by molar-refractivity contribution is 0.0920. The molecule has 1 aliphatic heterocycles. The first-order chi connectivity index (χ1) is 12.0. The third-order valence-electron chi connectivity index (χ3n) is 4.12. The quantitative estimate of drug-likeness (QED) is 0.784. The van der Waals surface area contributed by atoms with Crippen molar-refractivity contribution in [1.29, 1.82) is 0 Å². The zero-order chi connectivity index (χ0) is 17.6. The minimum Gasteiger partial charge on any atom is -0.491 e. The summed E-state index contributed by atoms with van der Waals surface area (Å²) in [6.07, 6.45) is 0. The summed E-state index contributed by atoms with van der Waals surface area (Å²) in [6.45, 7) is 3.98. The van der Waals surface area contributed by atoms with E-state index in [2.05, 4.69) is 20.6 Å². The van der Waals surface area contributed by atoms with Gasteiger partial charge in [0.05, 0.1) is 11.7 Å². The Hall–Kier alpha value is -3.16. The number of nitrogens with zero attached hydrogens (tertiary/aromatic N) is 4. The van der Waals surface area contributed by atoms with Crippen LogP contribution in [0.15, 0.2) is 28.8 Å². The Morgan fingerprint density at radius 2 is 2.16 bits per heavy atom. The highest BCUT2D eigenvalue weighted by molar-refractivity contribution is 5.93. The average Bonchev–Trinajstić information content (AvgIpc) is 3.26. The van der Waals surface area contributed by atoms with Crippen molar-refractivity contribution in [3.8, 4) is 17.1 Å². The van der Waals surface area contributed by atoms with Crippen molar-refractivity contribution >= 4 is 5.91 Å². The lowest BCUT2D eigenvalue weighted by Crippen LogP contribution is -2.30. The van der Waals surface area contributed by atoms with E-state index >= 15 is 0 Å². The van der Waals surface area contributed by atoms with Gasteiger partial charge in [-0.05, 0) is 19.1 Å².